The number of thioether (sulfide) groups is 1. The Morgan fingerprint density at radius 1 is 1.29 bits per heavy atom. The molecule has 0 aliphatic carbocycles. The Morgan fingerprint density at radius 3 is 3.00 bits per heavy atom. The van der Waals surface area contributed by atoms with Gasteiger partial charge < -0.3 is 10.5 Å². The maximum atomic E-state index is 5.65. The van der Waals surface area contributed by atoms with E-state index >= 15 is 0 Å². The summed E-state index contributed by atoms with van der Waals surface area (Å²) in [5, 5.41) is 0.906. The van der Waals surface area contributed by atoms with Gasteiger partial charge in [-0.25, -0.2) is 4.98 Å². The molecule has 1 aromatic heterocycles. The van der Waals surface area contributed by atoms with Crippen LogP contribution in [0.15, 0.2) is 47.9 Å². The quantitative estimate of drug-likeness (QED) is 0.499. The van der Waals surface area contributed by atoms with Gasteiger partial charge in [0.15, 0.2) is 0 Å². The van der Waals surface area contributed by atoms with Crippen LogP contribution in [0.1, 0.15) is 0 Å². The van der Waals surface area contributed by atoms with Gasteiger partial charge in [-0.2, -0.15) is 0 Å². The van der Waals surface area contributed by atoms with E-state index in [9.17, 15) is 0 Å². The topological polar surface area (TPSA) is 61.0 Å². The molecule has 0 aliphatic heterocycles. The van der Waals surface area contributed by atoms with Crippen molar-refractivity contribution in [3.8, 4) is 5.75 Å². The van der Waals surface area contributed by atoms with E-state index in [1.807, 2.05) is 24.3 Å². The van der Waals surface area contributed by atoms with E-state index in [1.54, 1.807) is 30.4 Å². The molecule has 4 nitrogen and oxygen atoms in total. The summed E-state index contributed by atoms with van der Waals surface area (Å²) in [7, 11) is 0. The van der Waals surface area contributed by atoms with Crippen molar-refractivity contribution >= 4 is 17.4 Å². The number of ether oxygens (including phenoxy) is 1. The number of rotatable bonds is 5. The summed E-state index contributed by atoms with van der Waals surface area (Å²) in [5.41, 5.74) is 6.36. The second kappa shape index (κ2) is 6.10. The summed E-state index contributed by atoms with van der Waals surface area (Å²) in [5.74, 6) is 1.62. The molecule has 0 fully saturated rings. The molecule has 0 bridgehead atoms. The van der Waals surface area contributed by atoms with Crippen LogP contribution in [0.3, 0.4) is 0 Å². The number of nitrogens with zero attached hydrogens (tertiary/aromatic N) is 2. The number of nitrogen functional groups attached to an aromatic ring is 1. The van der Waals surface area contributed by atoms with E-state index in [1.165, 1.54) is 0 Å². The highest BCUT2D eigenvalue weighted by Crippen LogP contribution is 2.16. The Hall–Kier alpha value is -1.75. The zero-order valence-corrected chi connectivity index (χ0v) is 10.1. The van der Waals surface area contributed by atoms with Gasteiger partial charge in [-0.15, -0.1) is 11.8 Å². The highest BCUT2D eigenvalue weighted by Gasteiger charge is 1.97. The van der Waals surface area contributed by atoms with Crippen molar-refractivity contribution in [2.45, 2.75) is 5.03 Å². The molecule has 0 saturated heterocycles. The van der Waals surface area contributed by atoms with Gasteiger partial charge in [-0.3, -0.25) is 4.98 Å². The number of nitrogens with two attached hydrogens (primary N) is 1. The highest BCUT2D eigenvalue weighted by molar-refractivity contribution is 7.99. The van der Waals surface area contributed by atoms with Gasteiger partial charge >= 0.3 is 0 Å². The predicted octanol–water partition coefficient (Wildman–Crippen LogP) is 2.23. The lowest BCUT2D eigenvalue weighted by molar-refractivity contribution is 0.344. The van der Waals surface area contributed by atoms with Crippen molar-refractivity contribution in [1.29, 1.82) is 0 Å². The van der Waals surface area contributed by atoms with E-state index < -0.39 is 0 Å². The third-order valence-corrected chi connectivity index (χ3v) is 2.88. The van der Waals surface area contributed by atoms with E-state index in [-0.39, 0.29) is 0 Å². The van der Waals surface area contributed by atoms with Gasteiger partial charge in [0.2, 0.25) is 0 Å². The zero-order chi connectivity index (χ0) is 11.9. The van der Waals surface area contributed by atoms with Crippen molar-refractivity contribution in [2.24, 2.45) is 0 Å². The fourth-order valence-electron chi connectivity index (χ4n) is 1.27. The zero-order valence-electron chi connectivity index (χ0n) is 9.24. The SMILES string of the molecule is Nc1cccc(OCCSc2cnccn2)c1. The number of anilines is 1. The Kier molecular flexibility index (Phi) is 4.21. The molecule has 2 rings (SSSR count). The molecule has 5 heteroatoms. The monoisotopic (exact) mass is 247 g/mol. The minimum absolute atomic E-state index is 0.616. The third-order valence-electron chi connectivity index (χ3n) is 2.00. The van der Waals surface area contributed by atoms with Crippen molar-refractivity contribution in [1.82, 2.24) is 9.97 Å². The van der Waals surface area contributed by atoms with Crippen LogP contribution in [0.2, 0.25) is 0 Å². The summed E-state index contributed by atoms with van der Waals surface area (Å²) >= 11 is 1.61. The molecule has 0 aliphatic rings. The van der Waals surface area contributed by atoms with Gasteiger partial charge in [0, 0.05) is 29.9 Å². The molecule has 0 spiro atoms. The summed E-state index contributed by atoms with van der Waals surface area (Å²) in [6.45, 7) is 0.616. The van der Waals surface area contributed by atoms with Crippen LogP contribution < -0.4 is 10.5 Å². The lowest BCUT2D eigenvalue weighted by atomic mass is 10.3. The highest BCUT2D eigenvalue weighted by atomic mass is 32.2. The van der Waals surface area contributed by atoms with Crippen molar-refractivity contribution in [2.75, 3.05) is 18.1 Å². The maximum absolute atomic E-state index is 5.65. The van der Waals surface area contributed by atoms with Crippen molar-refractivity contribution < 1.29 is 4.74 Å². The molecule has 0 amide bonds. The molecule has 0 atom stereocenters. The van der Waals surface area contributed by atoms with Crippen LogP contribution in [0, 0.1) is 0 Å². The second-order valence-corrected chi connectivity index (χ2v) is 4.43. The Balaban J connectivity index is 1.73. The van der Waals surface area contributed by atoms with Gasteiger partial charge in [-0.05, 0) is 12.1 Å². The fraction of sp³-hybridized carbons (Fsp3) is 0.167. The molecular weight excluding hydrogens is 234 g/mol. The second-order valence-electron chi connectivity index (χ2n) is 3.31. The predicted molar refractivity (Wildman–Crippen MR) is 69.1 cm³/mol. The molecule has 17 heavy (non-hydrogen) atoms. The first-order valence-electron chi connectivity index (χ1n) is 5.22. The van der Waals surface area contributed by atoms with E-state index in [0.29, 0.717) is 12.3 Å². The largest absolute Gasteiger partial charge is 0.493 e. The van der Waals surface area contributed by atoms with Crippen LogP contribution >= 0.6 is 11.8 Å². The molecule has 88 valence electrons. The average molecular weight is 247 g/mol. The average Bonchev–Trinajstić information content (AvgIpc) is 2.36. The molecular formula is C12H13N3OS. The Morgan fingerprint density at radius 2 is 2.24 bits per heavy atom. The Labute approximate surface area is 104 Å². The Bertz CT molecular complexity index is 464. The lowest BCUT2D eigenvalue weighted by Gasteiger charge is -2.05. The minimum Gasteiger partial charge on any atom is -0.493 e. The van der Waals surface area contributed by atoms with Crippen LogP contribution in [0.5, 0.6) is 5.75 Å². The smallest absolute Gasteiger partial charge is 0.121 e. The summed E-state index contributed by atoms with van der Waals surface area (Å²) < 4.78 is 5.56. The first kappa shape index (κ1) is 11.7. The molecule has 0 radical (unpaired) electrons. The van der Waals surface area contributed by atoms with E-state index in [4.69, 9.17) is 10.5 Å². The van der Waals surface area contributed by atoms with Crippen molar-refractivity contribution in [3.63, 3.8) is 0 Å². The summed E-state index contributed by atoms with van der Waals surface area (Å²) in [6, 6.07) is 7.41. The van der Waals surface area contributed by atoms with Gasteiger partial charge in [0.1, 0.15) is 10.8 Å². The van der Waals surface area contributed by atoms with Gasteiger partial charge in [0.25, 0.3) is 0 Å². The van der Waals surface area contributed by atoms with Gasteiger partial charge in [-0.1, -0.05) is 6.07 Å². The van der Waals surface area contributed by atoms with E-state index in [2.05, 4.69) is 9.97 Å². The van der Waals surface area contributed by atoms with Crippen LogP contribution in [0.4, 0.5) is 5.69 Å². The van der Waals surface area contributed by atoms with Crippen LogP contribution in [-0.4, -0.2) is 22.3 Å². The molecule has 1 aromatic carbocycles. The number of benzene rings is 1. The minimum atomic E-state index is 0.616. The van der Waals surface area contributed by atoms with Crippen LogP contribution in [-0.2, 0) is 0 Å². The first-order valence-corrected chi connectivity index (χ1v) is 6.20. The number of hydrogen-bond donors (Lipinski definition) is 1. The molecule has 1 heterocycles. The molecule has 0 unspecified atom stereocenters. The lowest BCUT2D eigenvalue weighted by Crippen LogP contribution is -2.00. The number of aromatic nitrogens is 2. The molecule has 0 saturated carbocycles. The molecule has 2 N–H and O–H groups in total. The fourth-order valence-corrected chi connectivity index (χ4v) is 1.92. The maximum Gasteiger partial charge on any atom is 0.121 e. The van der Waals surface area contributed by atoms with Crippen LogP contribution in [0.25, 0.3) is 0 Å². The standard InChI is InChI=1S/C12H13N3OS/c13-10-2-1-3-11(8-10)16-6-7-17-12-9-14-4-5-15-12/h1-5,8-9H,6-7,13H2. The number of hydrogen-bond acceptors (Lipinski definition) is 5. The van der Waals surface area contributed by atoms with Crippen molar-refractivity contribution in [3.05, 3.63) is 42.9 Å². The van der Waals surface area contributed by atoms with Gasteiger partial charge in [0.05, 0.1) is 12.8 Å². The summed E-state index contributed by atoms with van der Waals surface area (Å²) in [6.07, 6.45) is 5.08. The third kappa shape index (κ3) is 3.96. The summed E-state index contributed by atoms with van der Waals surface area (Å²) in [4.78, 5) is 8.15. The van der Waals surface area contributed by atoms with E-state index in [0.717, 1.165) is 16.5 Å². The first-order chi connectivity index (χ1) is 8.34. The normalized spacial score (nSPS) is 10.1. The molecule has 2 aromatic rings.